The predicted octanol–water partition coefficient (Wildman–Crippen LogP) is 3.27. The van der Waals surface area contributed by atoms with Crippen LogP contribution in [0.5, 0.6) is 0 Å². The van der Waals surface area contributed by atoms with Crippen LogP contribution in [0.2, 0.25) is 0 Å². The van der Waals surface area contributed by atoms with Gasteiger partial charge < -0.3 is 25.8 Å². The lowest BCUT2D eigenvalue weighted by atomic mass is 9.97. The van der Waals surface area contributed by atoms with E-state index in [0.717, 1.165) is 16.3 Å². The van der Waals surface area contributed by atoms with Crippen LogP contribution in [0.15, 0.2) is 84.9 Å². The number of aliphatic hydroxyl groups is 1. The Morgan fingerprint density at radius 3 is 2.51 bits per heavy atom. The van der Waals surface area contributed by atoms with Crippen molar-refractivity contribution < 1.29 is 29.0 Å². The SMILES string of the molecule is O=C(CC1CC=CCCC(=O)OCC(C(=O)Nc2ccc3ccccc3c2)NC1=O)NC(CO)Cc1ccccc1. The fourth-order valence-corrected chi connectivity index (χ4v) is 4.65. The number of benzene rings is 3. The van der Waals surface area contributed by atoms with Crippen molar-refractivity contribution in [3.05, 3.63) is 90.5 Å². The quantitative estimate of drug-likeness (QED) is 0.248. The summed E-state index contributed by atoms with van der Waals surface area (Å²) in [7, 11) is 0. The molecule has 4 N–H and O–H groups in total. The number of carbonyl (C=O) groups is 4. The molecule has 0 aliphatic carbocycles. The molecule has 1 heterocycles. The highest BCUT2D eigenvalue weighted by Gasteiger charge is 2.29. The first-order chi connectivity index (χ1) is 19.9. The third-order valence-corrected chi connectivity index (χ3v) is 6.88. The lowest BCUT2D eigenvalue weighted by Gasteiger charge is -2.23. The molecule has 9 heteroatoms. The summed E-state index contributed by atoms with van der Waals surface area (Å²) in [6, 6.07) is 21.0. The van der Waals surface area contributed by atoms with Crippen LogP contribution < -0.4 is 16.0 Å². The molecule has 3 aromatic carbocycles. The fraction of sp³-hybridized carbons (Fsp3) is 0.312. The van der Waals surface area contributed by atoms with Gasteiger partial charge in [-0.05, 0) is 47.7 Å². The maximum atomic E-state index is 13.3. The summed E-state index contributed by atoms with van der Waals surface area (Å²) < 4.78 is 5.29. The second kappa shape index (κ2) is 14.8. The molecule has 41 heavy (non-hydrogen) atoms. The van der Waals surface area contributed by atoms with Crippen molar-refractivity contribution in [2.45, 2.75) is 44.2 Å². The van der Waals surface area contributed by atoms with E-state index in [2.05, 4.69) is 16.0 Å². The van der Waals surface area contributed by atoms with Crippen molar-refractivity contribution in [3.63, 3.8) is 0 Å². The summed E-state index contributed by atoms with van der Waals surface area (Å²) in [6.45, 7) is -0.587. The molecule has 1 aliphatic heterocycles. The molecule has 9 nitrogen and oxygen atoms in total. The highest BCUT2D eigenvalue weighted by atomic mass is 16.5. The van der Waals surface area contributed by atoms with Gasteiger partial charge in [0.1, 0.15) is 12.6 Å². The molecule has 4 rings (SSSR count). The van der Waals surface area contributed by atoms with Crippen molar-refractivity contribution in [2.75, 3.05) is 18.5 Å². The van der Waals surface area contributed by atoms with Gasteiger partial charge in [0, 0.05) is 18.5 Å². The number of hydrogen-bond acceptors (Lipinski definition) is 6. The number of carbonyl (C=O) groups excluding carboxylic acids is 4. The molecule has 0 radical (unpaired) electrons. The lowest BCUT2D eigenvalue weighted by Crippen LogP contribution is -2.50. The van der Waals surface area contributed by atoms with Crippen LogP contribution in [0, 0.1) is 5.92 Å². The number of ether oxygens (including phenoxy) is 1. The smallest absolute Gasteiger partial charge is 0.306 e. The van der Waals surface area contributed by atoms with Gasteiger partial charge in [-0.15, -0.1) is 0 Å². The molecule has 0 bridgehead atoms. The molecule has 0 fully saturated rings. The first kappa shape index (κ1) is 29.5. The third kappa shape index (κ3) is 9.01. The van der Waals surface area contributed by atoms with E-state index in [1.807, 2.05) is 66.7 Å². The van der Waals surface area contributed by atoms with Gasteiger partial charge in [-0.3, -0.25) is 19.2 Å². The van der Waals surface area contributed by atoms with E-state index in [-0.39, 0.29) is 38.4 Å². The zero-order chi connectivity index (χ0) is 29.0. The minimum absolute atomic E-state index is 0.131. The van der Waals surface area contributed by atoms with E-state index >= 15 is 0 Å². The van der Waals surface area contributed by atoms with Gasteiger partial charge in [-0.25, -0.2) is 0 Å². The zero-order valence-electron chi connectivity index (χ0n) is 22.8. The van der Waals surface area contributed by atoms with Gasteiger partial charge in [-0.2, -0.15) is 0 Å². The molecular weight excluding hydrogens is 522 g/mol. The van der Waals surface area contributed by atoms with E-state index < -0.39 is 35.8 Å². The number of cyclic esters (lactones) is 1. The van der Waals surface area contributed by atoms with Crippen LogP contribution in [0.25, 0.3) is 10.8 Å². The molecule has 3 amide bonds. The third-order valence-electron chi connectivity index (χ3n) is 6.88. The number of fused-ring (bicyclic) bond motifs is 1. The number of esters is 1. The van der Waals surface area contributed by atoms with Gasteiger partial charge in [0.25, 0.3) is 5.91 Å². The molecule has 0 spiro atoms. The van der Waals surface area contributed by atoms with E-state index in [1.165, 1.54) is 0 Å². The molecule has 0 saturated heterocycles. The van der Waals surface area contributed by atoms with Crippen LogP contribution >= 0.6 is 0 Å². The largest absolute Gasteiger partial charge is 0.463 e. The van der Waals surface area contributed by atoms with Crippen LogP contribution in [-0.4, -0.2) is 54.1 Å². The van der Waals surface area contributed by atoms with Gasteiger partial charge in [0.2, 0.25) is 11.8 Å². The summed E-state index contributed by atoms with van der Waals surface area (Å²) in [5, 5.41) is 20.1. The Balaban J connectivity index is 1.44. The average Bonchev–Trinajstić information content (AvgIpc) is 2.97. The van der Waals surface area contributed by atoms with Crippen molar-refractivity contribution in [1.82, 2.24) is 10.6 Å². The normalized spacial score (nSPS) is 18.8. The van der Waals surface area contributed by atoms with Crippen LogP contribution in [-0.2, 0) is 30.3 Å². The maximum Gasteiger partial charge on any atom is 0.306 e. The van der Waals surface area contributed by atoms with Crippen molar-refractivity contribution in [1.29, 1.82) is 0 Å². The number of allylic oxidation sites excluding steroid dienone is 2. The van der Waals surface area contributed by atoms with Gasteiger partial charge in [0.05, 0.1) is 18.6 Å². The Bertz CT molecular complexity index is 1390. The van der Waals surface area contributed by atoms with Crippen molar-refractivity contribution in [3.8, 4) is 0 Å². The van der Waals surface area contributed by atoms with E-state index in [9.17, 15) is 24.3 Å². The molecule has 0 aromatic heterocycles. The summed E-state index contributed by atoms with van der Waals surface area (Å²) in [5.41, 5.74) is 1.50. The molecule has 3 atom stereocenters. The summed E-state index contributed by atoms with van der Waals surface area (Å²) in [6.07, 6.45) is 4.63. The number of anilines is 1. The van der Waals surface area contributed by atoms with Crippen molar-refractivity contribution >= 4 is 40.2 Å². The second-order valence-corrected chi connectivity index (χ2v) is 10.1. The van der Waals surface area contributed by atoms with Crippen LogP contribution in [0.4, 0.5) is 5.69 Å². The second-order valence-electron chi connectivity index (χ2n) is 10.1. The highest BCUT2D eigenvalue weighted by molar-refractivity contribution is 5.99. The number of amides is 3. The van der Waals surface area contributed by atoms with Crippen molar-refractivity contribution in [2.24, 2.45) is 5.92 Å². The molecule has 3 aromatic rings. The number of aliphatic hydroxyl groups excluding tert-OH is 1. The monoisotopic (exact) mass is 557 g/mol. The standard InChI is InChI=1S/C32H35N3O6/c36-20-27(17-22-9-3-1-4-10-22)33-29(37)19-25-13-5-2-6-14-30(38)41-21-28(35-31(25)39)32(40)34-26-16-15-23-11-7-8-12-24(23)18-26/h1-5,7-12,15-16,18,25,27-28,36H,6,13-14,17,19-21H2,(H,33,37)(H,34,40)(H,35,39). The lowest BCUT2D eigenvalue weighted by molar-refractivity contribution is -0.146. The van der Waals surface area contributed by atoms with E-state index in [0.29, 0.717) is 18.5 Å². The highest BCUT2D eigenvalue weighted by Crippen LogP contribution is 2.19. The Labute approximate surface area is 239 Å². The Hall–Kier alpha value is -4.50. The summed E-state index contributed by atoms with van der Waals surface area (Å²) in [4.78, 5) is 51.6. The number of rotatable bonds is 8. The molecule has 3 unspecified atom stereocenters. The summed E-state index contributed by atoms with van der Waals surface area (Å²) in [5.74, 6) is -2.68. The van der Waals surface area contributed by atoms with Crippen LogP contribution in [0.1, 0.15) is 31.2 Å². The number of nitrogens with one attached hydrogen (secondary N) is 3. The molecular formula is C32H35N3O6. The summed E-state index contributed by atoms with van der Waals surface area (Å²) >= 11 is 0. The van der Waals surface area contributed by atoms with Gasteiger partial charge in [-0.1, -0.05) is 72.8 Å². The molecule has 0 saturated carbocycles. The molecule has 1 aliphatic rings. The van der Waals surface area contributed by atoms with E-state index in [4.69, 9.17) is 4.74 Å². The first-order valence-corrected chi connectivity index (χ1v) is 13.8. The molecule has 214 valence electrons. The van der Waals surface area contributed by atoms with Crippen LogP contribution in [0.3, 0.4) is 0 Å². The Kier molecular flexibility index (Phi) is 10.6. The first-order valence-electron chi connectivity index (χ1n) is 13.8. The fourth-order valence-electron chi connectivity index (χ4n) is 4.65. The topological polar surface area (TPSA) is 134 Å². The van der Waals surface area contributed by atoms with Gasteiger partial charge >= 0.3 is 5.97 Å². The Morgan fingerprint density at radius 1 is 0.976 bits per heavy atom. The Morgan fingerprint density at radius 2 is 1.73 bits per heavy atom. The average molecular weight is 558 g/mol. The zero-order valence-corrected chi connectivity index (χ0v) is 22.8. The van der Waals surface area contributed by atoms with Gasteiger partial charge in [0.15, 0.2) is 0 Å². The minimum Gasteiger partial charge on any atom is -0.463 e. The van der Waals surface area contributed by atoms with E-state index in [1.54, 1.807) is 18.2 Å². The predicted molar refractivity (Wildman–Crippen MR) is 156 cm³/mol. The maximum absolute atomic E-state index is 13.3. The number of hydrogen-bond donors (Lipinski definition) is 4. The minimum atomic E-state index is -1.16.